The number of amides is 1. The van der Waals surface area contributed by atoms with Gasteiger partial charge in [-0.05, 0) is 31.0 Å². The Balaban J connectivity index is 2.04. The van der Waals surface area contributed by atoms with Crippen molar-refractivity contribution in [2.75, 3.05) is 20.2 Å². The molecular formula is C15H18ClNO4. The van der Waals surface area contributed by atoms with Gasteiger partial charge in [0.2, 0.25) is 5.91 Å². The number of carboxylic acid groups (broad SMARTS) is 1. The standard InChI is InChI=1S/C15H18ClNO4/c1-15(14(19)20)5-6-17(9-15)13(18)7-10-3-4-11(21-2)8-12(10)16/h3-4,8H,5-7,9H2,1-2H3,(H,19,20)/t15-/m0/s1. The largest absolute Gasteiger partial charge is 0.497 e. The number of hydrogen-bond acceptors (Lipinski definition) is 3. The highest BCUT2D eigenvalue weighted by Crippen LogP contribution is 2.31. The second-order valence-corrected chi connectivity index (χ2v) is 5.97. The first-order valence-electron chi connectivity index (χ1n) is 6.69. The molecule has 0 saturated carbocycles. The van der Waals surface area contributed by atoms with Gasteiger partial charge in [0.15, 0.2) is 0 Å². The van der Waals surface area contributed by atoms with E-state index in [0.717, 1.165) is 0 Å². The Hall–Kier alpha value is -1.75. The number of methoxy groups -OCH3 is 1. The minimum Gasteiger partial charge on any atom is -0.497 e. The number of carbonyl (C=O) groups is 2. The highest BCUT2D eigenvalue weighted by atomic mass is 35.5. The summed E-state index contributed by atoms with van der Waals surface area (Å²) in [6.07, 6.45) is 0.642. The lowest BCUT2D eigenvalue weighted by Crippen LogP contribution is -2.35. The molecule has 0 aliphatic carbocycles. The third kappa shape index (κ3) is 3.29. The molecule has 1 saturated heterocycles. The van der Waals surface area contributed by atoms with E-state index in [4.69, 9.17) is 16.3 Å². The molecule has 0 spiro atoms. The van der Waals surface area contributed by atoms with E-state index >= 15 is 0 Å². The summed E-state index contributed by atoms with van der Waals surface area (Å²) in [7, 11) is 1.55. The van der Waals surface area contributed by atoms with Crippen molar-refractivity contribution in [3.05, 3.63) is 28.8 Å². The fourth-order valence-electron chi connectivity index (χ4n) is 2.42. The number of aliphatic carboxylic acids is 1. The molecule has 0 bridgehead atoms. The van der Waals surface area contributed by atoms with E-state index in [1.807, 2.05) is 0 Å². The highest BCUT2D eigenvalue weighted by Gasteiger charge is 2.41. The van der Waals surface area contributed by atoms with E-state index in [0.29, 0.717) is 29.3 Å². The lowest BCUT2D eigenvalue weighted by molar-refractivity contribution is -0.147. The van der Waals surface area contributed by atoms with Gasteiger partial charge >= 0.3 is 5.97 Å². The Morgan fingerprint density at radius 3 is 2.71 bits per heavy atom. The summed E-state index contributed by atoms with van der Waals surface area (Å²) in [6.45, 7) is 2.38. The summed E-state index contributed by atoms with van der Waals surface area (Å²) in [5.41, 5.74) is -0.134. The molecule has 2 rings (SSSR count). The Bertz CT molecular complexity index is 575. The van der Waals surface area contributed by atoms with Gasteiger partial charge in [-0.15, -0.1) is 0 Å². The summed E-state index contributed by atoms with van der Waals surface area (Å²) in [4.78, 5) is 25.1. The number of likely N-dealkylation sites (tertiary alicyclic amines) is 1. The zero-order valence-electron chi connectivity index (χ0n) is 12.1. The van der Waals surface area contributed by atoms with E-state index in [9.17, 15) is 14.7 Å². The van der Waals surface area contributed by atoms with Crippen molar-refractivity contribution >= 4 is 23.5 Å². The molecule has 1 heterocycles. The van der Waals surface area contributed by atoms with Crippen LogP contribution in [-0.2, 0) is 16.0 Å². The number of ether oxygens (including phenoxy) is 1. The summed E-state index contributed by atoms with van der Waals surface area (Å²) in [5.74, 6) is -0.330. The SMILES string of the molecule is COc1ccc(CC(=O)N2CC[C@](C)(C(=O)O)C2)c(Cl)c1. The second-order valence-electron chi connectivity index (χ2n) is 5.57. The Morgan fingerprint density at radius 1 is 1.48 bits per heavy atom. The number of rotatable bonds is 4. The summed E-state index contributed by atoms with van der Waals surface area (Å²) < 4.78 is 5.06. The van der Waals surface area contributed by atoms with Crippen LogP contribution in [0.25, 0.3) is 0 Å². The second kappa shape index (κ2) is 5.93. The first-order valence-corrected chi connectivity index (χ1v) is 7.07. The van der Waals surface area contributed by atoms with Gasteiger partial charge in [0.1, 0.15) is 5.75 Å². The van der Waals surface area contributed by atoms with Crippen LogP contribution in [0, 0.1) is 5.41 Å². The molecule has 1 fully saturated rings. The summed E-state index contributed by atoms with van der Waals surface area (Å²) in [6, 6.07) is 5.17. The third-order valence-electron chi connectivity index (χ3n) is 3.94. The van der Waals surface area contributed by atoms with Crippen molar-refractivity contribution < 1.29 is 19.4 Å². The quantitative estimate of drug-likeness (QED) is 0.926. The minimum absolute atomic E-state index is 0.105. The average Bonchev–Trinajstić information content (AvgIpc) is 2.85. The maximum absolute atomic E-state index is 12.3. The highest BCUT2D eigenvalue weighted by molar-refractivity contribution is 6.31. The van der Waals surface area contributed by atoms with Gasteiger partial charge in [-0.3, -0.25) is 9.59 Å². The van der Waals surface area contributed by atoms with Crippen LogP contribution >= 0.6 is 11.6 Å². The molecule has 1 amide bonds. The normalized spacial score (nSPS) is 21.4. The first kappa shape index (κ1) is 15.6. The van der Waals surface area contributed by atoms with E-state index in [2.05, 4.69) is 0 Å². The van der Waals surface area contributed by atoms with Crippen molar-refractivity contribution in [3.63, 3.8) is 0 Å². The molecule has 5 nitrogen and oxygen atoms in total. The van der Waals surface area contributed by atoms with Gasteiger partial charge in [0.05, 0.1) is 18.9 Å². The molecule has 1 aromatic rings. The Morgan fingerprint density at radius 2 is 2.19 bits per heavy atom. The molecule has 1 aliphatic heterocycles. The Labute approximate surface area is 128 Å². The molecule has 6 heteroatoms. The molecule has 21 heavy (non-hydrogen) atoms. The summed E-state index contributed by atoms with van der Waals surface area (Å²) >= 11 is 6.12. The van der Waals surface area contributed by atoms with Crippen LogP contribution in [0.5, 0.6) is 5.75 Å². The van der Waals surface area contributed by atoms with Crippen molar-refractivity contribution in [2.24, 2.45) is 5.41 Å². The van der Waals surface area contributed by atoms with E-state index in [1.54, 1.807) is 37.1 Å². The van der Waals surface area contributed by atoms with Crippen LogP contribution in [0.4, 0.5) is 0 Å². The van der Waals surface area contributed by atoms with Gasteiger partial charge in [0, 0.05) is 18.1 Å². The van der Waals surface area contributed by atoms with Crippen molar-refractivity contribution in [1.82, 2.24) is 4.90 Å². The molecule has 1 N–H and O–H groups in total. The molecule has 114 valence electrons. The van der Waals surface area contributed by atoms with Crippen molar-refractivity contribution in [1.29, 1.82) is 0 Å². The summed E-state index contributed by atoms with van der Waals surface area (Å²) in [5, 5.41) is 9.67. The maximum atomic E-state index is 12.3. The van der Waals surface area contributed by atoms with E-state index in [-0.39, 0.29) is 18.9 Å². The van der Waals surface area contributed by atoms with Crippen LogP contribution in [0.2, 0.25) is 5.02 Å². The van der Waals surface area contributed by atoms with Gasteiger partial charge in [-0.1, -0.05) is 17.7 Å². The van der Waals surface area contributed by atoms with Crippen molar-refractivity contribution in [3.8, 4) is 5.75 Å². The van der Waals surface area contributed by atoms with Gasteiger partial charge < -0.3 is 14.7 Å². The minimum atomic E-state index is -0.861. The molecule has 1 aliphatic rings. The zero-order valence-corrected chi connectivity index (χ0v) is 12.8. The smallest absolute Gasteiger partial charge is 0.311 e. The molecule has 1 atom stereocenters. The van der Waals surface area contributed by atoms with E-state index in [1.165, 1.54) is 0 Å². The predicted octanol–water partition coefficient (Wildman–Crippen LogP) is 2.21. The van der Waals surface area contributed by atoms with Crippen LogP contribution in [0.15, 0.2) is 18.2 Å². The van der Waals surface area contributed by atoms with Gasteiger partial charge in [0.25, 0.3) is 0 Å². The zero-order chi connectivity index (χ0) is 15.6. The monoisotopic (exact) mass is 311 g/mol. The van der Waals surface area contributed by atoms with Crippen LogP contribution in [0.3, 0.4) is 0 Å². The maximum Gasteiger partial charge on any atom is 0.311 e. The van der Waals surface area contributed by atoms with Crippen molar-refractivity contribution in [2.45, 2.75) is 19.8 Å². The fraction of sp³-hybridized carbons (Fsp3) is 0.467. The van der Waals surface area contributed by atoms with Crippen LogP contribution < -0.4 is 4.74 Å². The number of benzene rings is 1. The Kier molecular flexibility index (Phi) is 4.42. The number of halogens is 1. The van der Waals surface area contributed by atoms with Gasteiger partial charge in [-0.25, -0.2) is 0 Å². The molecule has 0 radical (unpaired) electrons. The molecule has 0 unspecified atom stereocenters. The van der Waals surface area contributed by atoms with Crippen LogP contribution in [0.1, 0.15) is 18.9 Å². The fourth-order valence-corrected chi connectivity index (χ4v) is 2.66. The van der Waals surface area contributed by atoms with Gasteiger partial charge in [-0.2, -0.15) is 0 Å². The number of carbonyl (C=O) groups excluding carboxylic acids is 1. The number of carboxylic acids is 1. The topological polar surface area (TPSA) is 66.8 Å². The van der Waals surface area contributed by atoms with Crippen LogP contribution in [-0.4, -0.2) is 42.1 Å². The number of hydrogen-bond donors (Lipinski definition) is 1. The van der Waals surface area contributed by atoms with E-state index < -0.39 is 11.4 Å². The number of nitrogens with zero attached hydrogens (tertiary/aromatic N) is 1. The lowest BCUT2D eigenvalue weighted by Gasteiger charge is -2.20. The molecule has 1 aromatic carbocycles. The first-order chi connectivity index (χ1) is 9.85. The third-order valence-corrected chi connectivity index (χ3v) is 4.30. The molecular weight excluding hydrogens is 294 g/mol. The average molecular weight is 312 g/mol. The predicted molar refractivity (Wildman–Crippen MR) is 78.6 cm³/mol. The molecule has 0 aromatic heterocycles. The lowest BCUT2D eigenvalue weighted by atomic mass is 9.90.